The third-order valence-corrected chi connectivity index (χ3v) is 4.80. The van der Waals surface area contributed by atoms with Gasteiger partial charge >= 0.3 is 0 Å². The molecule has 1 saturated heterocycles. The van der Waals surface area contributed by atoms with Crippen LogP contribution < -0.4 is 5.32 Å². The van der Waals surface area contributed by atoms with Crippen molar-refractivity contribution >= 4 is 0 Å². The largest absolute Gasteiger partial charge is 0.378 e. The normalized spacial score (nSPS) is 38.0. The van der Waals surface area contributed by atoms with E-state index in [1.165, 1.54) is 45.1 Å². The number of hydrogen-bond donors (Lipinski definition) is 1. The Morgan fingerprint density at radius 3 is 2.72 bits per heavy atom. The van der Waals surface area contributed by atoms with E-state index in [2.05, 4.69) is 26.1 Å². The molecular formula is C16H31NO. The van der Waals surface area contributed by atoms with E-state index in [1.54, 1.807) is 0 Å². The summed E-state index contributed by atoms with van der Waals surface area (Å²) in [6.07, 6.45) is 8.64. The Balaban J connectivity index is 1.69. The minimum Gasteiger partial charge on any atom is -0.378 e. The van der Waals surface area contributed by atoms with Gasteiger partial charge in [-0.2, -0.15) is 0 Å². The lowest BCUT2D eigenvalue weighted by Crippen LogP contribution is -2.42. The van der Waals surface area contributed by atoms with Gasteiger partial charge in [0.1, 0.15) is 0 Å². The lowest BCUT2D eigenvalue weighted by Gasteiger charge is -2.34. The molecule has 2 rings (SSSR count). The topological polar surface area (TPSA) is 21.3 Å². The molecule has 1 aliphatic heterocycles. The van der Waals surface area contributed by atoms with Crippen molar-refractivity contribution in [3.63, 3.8) is 0 Å². The molecule has 18 heavy (non-hydrogen) atoms. The molecule has 0 aromatic heterocycles. The van der Waals surface area contributed by atoms with Crippen LogP contribution in [0.4, 0.5) is 0 Å². The highest BCUT2D eigenvalue weighted by Gasteiger charge is 2.26. The van der Waals surface area contributed by atoms with Crippen LogP contribution in [-0.2, 0) is 4.74 Å². The molecule has 0 spiro atoms. The van der Waals surface area contributed by atoms with Gasteiger partial charge in [-0.25, -0.2) is 0 Å². The van der Waals surface area contributed by atoms with Gasteiger partial charge < -0.3 is 10.1 Å². The molecule has 4 unspecified atom stereocenters. The van der Waals surface area contributed by atoms with Gasteiger partial charge in [0.05, 0.1) is 6.10 Å². The van der Waals surface area contributed by atoms with E-state index in [1.807, 2.05) is 0 Å². The van der Waals surface area contributed by atoms with Crippen molar-refractivity contribution in [1.82, 2.24) is 5.32 Å². The molecule has 1 heterocycles. The van der Waals surface area contributed by atoms with Crippen LogP contribution in [0.25, 0.3) is 0 Å². The van der Waals surface area contributed by atoms with Crippen molar-refractivity contribution in [2.75, 3.05) is 13.2 Å². The van der Waals surface area contributed by atoms with Gasteiger partial charge in [-0.15, -0.1) is 0 Å². The summed E-state index contributed by atoms with van der Waals surface area (Å²) in [6, 6.07) is 0.698. The summed E-state index contributed by atoms with van der Waals surface area (Å²) in [6.45, 7) is 9.14. The first kappa shape index (κ1) is 14.3. The van der Waals surface area contributed by atoms with Crippen molar-refractivity contribution in [2.45, 2.75) is 71.4 Å². The zero-order valence-corrected chi connectivity index (χ0v) is 12.5. The maximum absolute atomic E-state index is 5.84. The van der Waals surface area contributed by atoms with Gasteiger partial charge in [-0.1, -0.05) is 33.6 Å². The summed E-state index contributed by atoms with van der Waals surface area (Å²) >= 11 is 0. The van der Waals surface area contributed by atoms with Crippen LogP contribution in [0.15, 0.2) is 0 Å². The van der Waals surface area contributed by atoms with Crippen LogP contribution in [0.2, 0.25) is 0 Å². The van der Waals surface area contributed by atoms with E-state index >= 15 is 0 Å². The number of hydrogen-bond acceptors (Lipinski definition) is 2. The average molecular weight is 253 g/mol. The highest BCUT2D eigenvalue weighted by atomic mass is 16.5. The second-order valence-electron chi connectivity index (χ2n) is 6.92. The molecule has 1 aliphatic carbocycles. The minimum absolute atomic E-state index is 0.474. The quantitative estimate of drug-likeness (QED) is 0.826. The summed E-state index contributed by atoms with van der Waals surface area (Å²) < 4.78 is 5.84. The Labute approximate surface area is 113 Å². The molecule has 1 N–H and O–H groups in total. The minimum atomic E-state index is 0.474. The van der Waals surface area contributed by atoms with Crippen LogP contribution >= 0.6 is 0 Å². The second-order valence-corrected chi connectivity index (χ2v) is 6.92. The van der Waals surface area contributed by atoms with Crippen molar-refractivity contribution < 1.29 is 4.74 Å². The van der Waals surface area contributed by atoms with E-state index in [0.717, 1.165) is 18.4 Å². The first-order valence-corrected chi connectivity index (χ1v) is 8.00. The first-order chi connectivity index (χ1) is 8.65. The van der Waals surface area contributed by atoms with Gasteiger partial charge in [0, 0.05) is 12.6 Å². The molecule has 0 radical (unpaired) electrons. The number of nitrogens with one attached hydrogen (secondary N) is 1. The SMILES string of the molecule is CC1CCCC(CNC2CCOC(C(C)C)C2)C1. The maximum Gasteiger partial charge on any atom is 0.0612 e. The van der Waals surface area contributed by atoms with E-state index in [0.29, 0.717) is 18.1 Å². The van der Waals surface area contributed by atoms with Crippen LogP contribution in [0.1, 0.15) is 59.3 Å². The molecule has 0 aromatic rings. The number of ether oxygens (including phenoxy) is 1. The summed E-state index contributed by atoms with van der Waals surface area (Å²) in [5.41, 5.74) is 0. The predicted molar refractivity (Wildman–Crippen MR) is 76.7 cm³/mol. The average Bonchev–Trinajstić information content (AvgIpc) is 2.37. The number of rotatable bonds is 4. The summed E-state index contributed by atoms with van der Waals surface area (Å²) in [4.78, 5) is 0. The molecule has 4 atom stereocenters. The molecule has 106 valence electrons. The fourth-order valence-electron chi connectivity index (χ4n) is 3.56. The Morgan fingerprint density at radius 1 is 1.17 bits per heavy atom. The van der Waals surface area contributed by atoms with Crippen molar-refractivity contribution in [3.05, 3.63) is 0 Å². The maximum atomic E-state index is 5.84. The third-order valence-electron chi connectivity index (χ3n) is 4.80. The monoisotopic (exact) mass is 253 g/mol. The van der Waals surface area contributed by atoms with Gasteiger partial charge in [-0.3, -0.25) is 0 Å². The van der Waals surface area contributed by atoms with Gasteiger partial charge in [0.2, 0.25) is 0 Å². The highest BCUT2D eigenvalue weighted by Crippen LogP contribution is 2.28. The molecule has 2 fully saturated rings. The van der Waals surface area contributed by atoms with Gasteiger partial charge in [0.15, 0.2) is 0 Å². The lowest BCUT2D eigenvalue weighted by atomic mass is 9.82. The van der Waals surface area contributed by atoms with Crippen LogP contribution in [0.3, 0.4) is 0 Å². The zero-order valence-electron chi connectivity index (χ0n) is 12.5. The Kier molecular flexibility index (Phi) is 5.50. The Bertz CT molecular complexity index is 241. The standard InChI is InChI=1S/C16H31NO/c1-12(2)16-10-15(7-8-18-16)17-11-14-6-4-5-13(3)9-14/h12-17H,4-11H2,1-3H3. The van der Waals surface area contributed by atoms with Crippen LogP contribution in [0.5, 0.6) is 0 Å². The molecule has 0 bridgehead atoms. The zero-order chi connectivity index (χ0) is 13.0. The summed E-state index contributed by atoms with van der Waals surface area (Å²) in [5.74, 6) is 2.53. The van der Waals surface area contributed by atoms with Crippen LogP contribution in [-0.4, -0.2) is 25.3 Å². The molecular weight excluding hydrogens is 222 g/mol. The molecule has 1 saturated carbocycles. The van der Waals surface area contributed by atoms with E-state index in [9.17, 15) is 0 Å². The highest BCUT2D eigenvalue weighted by molar-refractivity contribution is 4.80. The predicted octanol–water partition coefficient (Wildman–Crippen LogP) is 3.61. The van der Waals surface area contributed by atoms with E-state index in [4.69, 9.17) is 4.74 Å². The van der Waals surface area contributed by atoms with E-state index in [-0.39, 0.29) is 0 Å². The third kappa shape index (κ3) is 4.24. The van der Waals surface area contributed by atoms with Crippen molar-refractivity contribution in [2.24, 2.45) is 17.8 Å². The summed E-state index contributed by atoms with van der Waals surface area (Å²) in [7, 11) is 0. The van der Waals surface area contributed by atoms with Crippen LogP contribution in [0, 0.1) is 17.8 Å². The molecule has 0 aromatic carbocycles. The van der Waals surface area contributed by atoms with Crippen molar-refractivity contribution in [3.8, 4) is 0 Å². The van der Waals surface area contributed by atoms with Gasteiger partial charge in [-0.05, 0) is 50.0 Å². The fourth-order valence-corrected chi connectivity index (χ4v) is 3.56. The fraction of sp³-hybridized carbons (Fsp3) is 1.00. The smallest absolute Gasteiger partial charge is 0.0612 e. The summed E-state index contributed by atoms with van der Waals surface area (Å²) in [5, 5.41) is 3.82. The van der Waals surface area contributed by atoms with Crippen molar-refractivity contribution in [1.29, 1.82) is 0 Å². The second kappa shape index (κ2) is 6.91. The van der Waals surface area contributed by atoms with E-state index < -0.39 is 0 Å². The Hall–Kier alpha value is -0.0800. The molecule has 2 heteroatoms. The molecule has 2 aliphatic rings. The molecule has 0 amide bonds. The van der Waals surface area contributed by atoms with Gasteiger partial charge in [0.25, 0.3) is 0 Å². The lowest BCUT2D eigenvalue weighted by molar-refractivity contribution is -0.0250. The molecule has 2 nitrogen and oxygen atoms in total. The first-order valence-electron chi connectivity index (χ1n) is 8.00. The Morgan fingerprint density at radius 2 is 2.00 bits per heavy atom.